The number of aryl methyl sites for hydroxylation is 1. The molecule has 0 amide bonds. The number of anilines is 1. The average molecular weight is 255 g/mol. The first-order chi connectivity index (χ1) is 8.11. The number of rotatable bonds is 3. The third-order valence-corrected chi connectivity index (χ3v) is 4.52. The molecule has 2 atom stereocenters. The molecule has 2 heterocycles. The summed E-state index contributed by atoms with van der Waals surface area (Å²) < 4.78 is 5.67. The molecule has 1 aliphatic heterocycles. The van der Waals surface area contributed by atoms with Crippen LogP contribution in [0.5, 0.6) is 0 Å². The lowest BCUT2D eigenvalue weighted by Gasteiger charge is -2.32. The number of morpholine rings is 1. The van der Waals surface area contributed by atoms with Crippen molar-refractivity contribution in [2.45, 2.75) is 39.3 Å². The zero-order valence-electron chi connectivity index (χ0n) is 10.8. The van der Waals surface area contributed by atoms with Crippen molar-refractivity contribution in [2.24, 2.45) is 5.73 Å². The quantitative estimate of drug-likeness (QED) is 0.898. The number of ether oxygens (including phenoxy) is 1. The SMILES string of the molecule is CCC1CN(c2nc(C)c(C(C)N)s2)CCO1. The van der Waals surface area contributed by atoms with E-state index in [2.05, 4.69) is 16.8 Å². The first-order valence-corrected chi connectivity index (χ1v) is 7.03. The lowest BCUT2D eigenvalue weighted by molar-refractivity contribution is 0.0384. The largest absolute Gasteiger partial charge is 0.375 e. The number of aromatic nitrogens is 1. The molecule has 4 nitrogen and oxygen atoms in total. The first kappa shape index (κ1) is 12.8. The third kappa shape index (κ3) is 2.78. The fraction of sp³-hybridized carbons (Fsp3) is 0.750. The van der Waals surface area contributed by atoms with Crippen LogP contribution in [-0.4, -0.2) is 30.8 Å². The molecule has 1 fully saturated rings. The number of thiazole rings is 1. The fourth-order valence-corrected chi connectivity index (χ4v) is 3.14. The molecule has 0 spiro atoms. The van der Waals surface area contributed by atoms with Crippen LogP contribution in [0.2, 0.25) is 0 Å². The Labute approximate surface area is 107 Å². The second kappa shape index (κ2) is 5.33. The minimum absolute atomic E-state index is 0.0734. The molecule has 1 aliphatic rings. The molecule has 96 valence electrons. The maximum absolute atomic E-state index is 5.94. The maximum atomic E-state index is 5.94. The van der Waals surface area contributed by atoms with Crippen LogP contribution in [0.1, 0.15) is 36.9 Å². The van der Waals surface area contributed by atoms with E-state index >= 15 is 0 Å². The Bertz CT molecular complexity index is 378. The molecule has 5 heteroatoms. The van der Waals surface area contributed by atoms with E-state index in [1.165, 1.54) is 4.88 Å². The van der Waals surface area contributed by atoms with E-state index in [0.717, 1.165) is 36.9 Å². The molecule has 17 heavy (non-hydrogen) atoms. The van der Waals surface area contributed by atoms with Gasteiger partial charge in [-0.3, -0.25) is 0 Å². The second-order valence-corrected chi connectivity index (χ2v) is 5.59. The van der Waals surface area contributed by atoms with E-state index < -0.39 is 0 Å². The highest BCUT2D eigenvalue weighted by atomic mass is 32.1. The van der Waals surface area contributed by atoms with E-state index in [4.69, 9.17) is 10.5 Å². The monoisotopic (exact) mass is 255 g/mol. The van der Waals surface area contributed by atoms with E-state index in [1.807, 2.05) is 13.8 Å². The van der Waals surface area contributed by atoms with Gasteiger partial charge in [-0.1, -0.05) is 6.92 Å². The summed E-state index contributed by atoms with van der Waals surface area (Å²) in [5, 5.41) is 1.09. The van der Waals surface area contributed by atoms with Gasteiger partial charge in [-0.15, -0.1) is 11.3 Å². The summed E-state index contributed by atoms with van der Waals surface area (Å²) in [4.78, 5) is 8.15. The zero-order chi connectivity index (χ0) is 12.4. The van der Waals surface area contributed by atoms with E-state index in [9.17, 15) is 0 Å². The van der Waals surface area contributed by atoms with Crippen molar-refractivity contribution in [1.82, 2.24) is 4.98 Å². The summed E-state index contributed by atoms with van der Waals surface area (Å²) in [5.41, 5.74) is 7.01. The zero-order valence-corrected chi connectivity index (χ0v) is 11.6. The normalized spacial score (nSPS) is 22.8. The number of hydrogen-bond acceptors (Lipinski definition) is 5. The highest BCUT2D eigenvalue weighted by Gasteiger charge is 2.22. The summed E-state index contributed by atoms with van der Waals surface area (Å²) >= 11 is 1.72. The van der Waals surface area contributed by atoms with E-state index in [1.54, 1.807) is 11.3 Å². The average Bonchev–Trinajstić information content (AvgIpc) is 2.71. The molecule has 2 rings (SSSR count). The molecule has 0 radical (unpaired) electrons. The highest BCUT2D eigenvalue weighted by molar-refractivity contribution is 7.15. The van der Waals surface area contributed by atoms with Gasteiger partial charge in [0, 0.05) is 24.0 Å². The van der Waals surface area contributed by atoms with Crippen molar-refractivity contribution in [2.75, 3.05) is 24.6 Å². The van der Waals surface area contributed by atoms with E-state index in [-0.39, 0.29) is 6.04 Å². The van der Waals surface area contributed by atoms with Crippen molar-refractivity contribution in [3.05, 3.63) is 10.6 Å². The summed E-state index contributed by atoms with van der Waals surface area (Å²) in [6.45, 7) is 8.89. The molecule has 0 bridgehead atoms. The lowest BCUT2D eigenvalue weighted by Crippen LogP contribution is -2.42. The minimum Gasteiger partial charge on any atom is -0.375 e. The van der Waals surface area contributed by atoms with Crippen molar-refractivity contribution < 1.29 is 4.74 Å². The van der Waals surface area contributed by atoms with Gasteiger partial charge in [-0.25, -0.2) is 4.98 Å². The van der Waals surface area contributed by atoms with Crippen LogP contribution in [-0.2, 0) is 4.74 Å². The third-order valence-electron chi connectivity index (χ3n) is 3.10. The van der Waals surface area contributed by atoms with Crippen LogP contribution in [0.3, 0.4) is 0 Å². The predicted octanol–water partition coefficient (Wildman–Crippen LogP) is 2.09. The molecule has 1 aromatic rings. The molecule has 2 unspecified atom stereocenters. The molecule has 0 aliphatic carbocycles. The van der Waals surface area contributed by atoms with Crippen molar-refractivity contribution in [3.8, 4) is 0 Å². The molecule has 1 saturated heterocycles. The van der Waals surface area contributed by atoms with Crippen LogP contribution in [0, 0.1) is 6.92 Å². The maximum Gasteiger partial charge on any atom is 0.185 e. The molecular weight excluding hydrogens is 234 g/mol. The van der Waals surface area contributed by atoms with Crippen molar-refractivity contribution >= 4 is 16.5 Å². The Morgan fingerprint density at radius 3 is 3.00 bits per heavy atom. The topological polar surface area (TPSA) is 51.4 Å². The molecule has 2 N–H and O–H groups in total. The van der Waals surface area contributed by atoms with Crippen LogP contribution in [0.4, 0.5) is 5.13 Å². The Hall–Kier alpha value is -0.650. The predicted molar refractivity (Wildman–Crippen MR) is 71.7 cm³/mol. The number of nitrogens with two attached hydrogens (primary N) is 1. The molecule has 0 saturated carbocycles. The molecular formula is C12H21N3OS. The van der Waals surface area contributed by atoms with Crippen molar-refractivity contribution in [1.29, 1.82) is 0 Å². The van der Waals surface area contributed by atoms with Gasteiger partial charge in [0.25, 0.3) is 0 Å². The molecule has 1 aromatic heterocycles. The lowest BCUT2D eigenvalue weighted by atomic mass is 10.2. The fourth-order valence-electron chi connectivity index (χ4n) is 2.09. The standard InChI is InChI=1S/C12H21N3OS/c1-4-10-7-15(5-6-16-10)12-14-9(3)11(17-12)8(2)13/h8,10H,4-7,13H2,1-3H3. The summed E-state index contributed by atoms with van der Waals surface area (Å²) in [7, 11) is 0. The number of hydrogen-bond donors (Lipinski definition) is 1. The van der Waals surface area contributed by atoms with Gasteiger partial charge >= 0.3 is 0 Å². The van der Waals surface area contributed by atoms with Crippen LogP contribution >= 0.6 is 11.3 Å². The summed E-state index contributed by atoms with van der Waals surface area (Å²) in [6.07, 6.45) is 1.40. The Balaban J connectivity index is 2.14. The van der Waals surface area contributed by atoms with Crippen LogP contribution < -0.4 is 10.6 Å². The van der Waals surface area contributed by atoms with Gasteiger partial charge in [0.1, 0.15) is 0 Å². The van der Waals surface area contributed by atoms with Gasteiger partial charge in [-0.05, 0) is 20.3 Å². The van der Waals surface area contributed by atoms with Gasteiger partial charge in [0.05, 0.1) is 18.4 Å². The second-order valence-electron chi connectivity index (χ2n) is 4.58. The highest BCUT2D eigenvalue weighted by Crippen LogP contribution is 2.30. The summed E-state index contributed by atoms with van der Waals surface area (Å²) in [5.74, 6) is 0. The van der Waals surface area contributed by atoms with Gasteiger partial charge in [0.15, 0.2) is 5.13 Å². The summed E-state index contributed by atoms with van der Waals surface area (Å²) in [6, 6.07) is 0.0734. The number of nitrogens with zero attached hydrogens (tertiary/aromatic N) is 2. The Morgan fingerprint density at radius 1 is 1.65 bits per heavy atom. The van der Waals surface area contributed by atoms with Crippen LogP contribution in [0.15, 0.2) is 0 Å². The smallest absolute Gasteiger partial charge is 0.185 e. The van der Waals surface area contributed by atoms with Gasteiger partial charge < -0.3 is 15.4 Å². The van der Waals surface area contributed by atoms with Gasteiger partial charge in [0.2, 0.25) is 0 Å². The van der Waals surface area contributed by atoms with Gasteiger partial charge in [-0.2, -0.15) is 0 Å². The van der Waals surface area contributed by atoms with E-state index in [0.29, 0.717) is 6.10 Å². The van der Waals surface area contributed by atoms with Crippen LogP contribution in [0.25, 0.3) is 0 Å². The Kier molecular flexibility index (Phi) is 4.01. The Morgan fingerprint density at radius 2 is 2.41 bits per heavy atom. The first-order valence-electron chi connectivity index (χ1n) is 6.21. The minimum atomic E-state index is 0.0734. The van der Waals surface area contributed by atoms with Crippen molar-refractivity contribution in [3.63, 3.8) is 0 Å². The molecule has 0 aromatic carbocycles.